The number of ether oxygens (including phenoxy) is 1. The van der Waals surface area contributed by atoms with Crippen LogP contribution in [0.2, 0.25) is 5.02 Å². The number of hydrogen-bond acceptors (Lipinski definition) is 3. The number of benzene rings is 2. The molecule has 3 rings (SSSR count). The molecular weight excluding hydrogens is 345 g/mol. The topological polar surface area (TPSA) is 56.1 Å². The summed E-state index contributed by atoms with van der Waals surface area (Å²) in [5.74, 6) is -0.0170. The van der Waals surface area contributed by atoms with Gasteiger partial charge in [-0.25, -0.2) is 9.37 Å². The molecule has 3 aromatic rings. The van der Waals surface area contributed by atoms with Crippen LogP contribution in [0.1, 0.15) is 6.42 Å². The van der Waals surface area contributed by atoms with Gasteiger partial charge in [-0.2, -0.15) is 0 Å². The van der Waals surface area contributed by atoms with Gasteiger partial charge in [0, 0.05) is 18.1 Å². The van der Waals surface area contributed by atoms with Gasteiger partial charge in [0.15, 0.2) is 0 Å². The van der Waals surface area contributed by atoms with Crippen molar-refractivity contribution < 1.29 is 13.9 Å². The summed E-state index contributed by atoms with van der Waals surface area (Å²) < 4.78 is 20.0. The average molecular weight is 360 g/mol. The third-order valence-electron chi connectivity index (χ3n) is 3.43. The number of anilines is 1. The molecule has 1 amide bonds. The van der Waals surface area contributed by atoms with Crippen LogP contribution in [-0.2, 0) is 4.79 Å². The van der Waals surface area contributed by atoms with Gasteiger partial charge in [0.1, 0.15) is 11.6 Å². The molecule has 25 heavy (non-hydrogen) atoms. The minimum atomic E-state index is -0.332. The van der Waals surface area contributed by atoms with E-state index in [-0.39, 0.29) is 24.8 Å². The van der Waals surface area contributed by atoms with Gasteiger partial charge in [-0.3, -0.25) is 4.79 Å². The van der Waals surface area contributed by atoms with E-state index in [0.29, 0.717) is 16.5 Å². The highest BCUT2D eigenvalue weighted by atomic mass is 35.5. The minimum Gasteiger partial charge on any atom is -0.493 e. The number of nitrogens with zero attached hydrogens (tertiary/aromatic N) is 2. The zero-order valence-electron chi connectivity index (χ0n) is 13.2. The highest BCUT2D eigenvalue weighted by molar-refractivity contribution is 6.32. The van der Waals surface area contributed by atoms with Crippen molar-refractivity contribution in [1.29, 1.82) is 0 Å². The minimum absolute atomic E-state index is 0.165. The first-order valence-corrected chi connectivity index (χ1v) is 7.96. The van der Waals surface area contributed by atoms with E-state index in [9.17, 15) is 9.18 Å². The number of amides is 1. The quantitative estimate of drug-likeness (QED) is 0.721. The van der Waals surface area contributed by atoms with Crippen LogP contribution in [0, 0.1) is 5.82 Å². The highest BCUT2D eigenvalue weighted by Crippen LogP contribution is 2.24. The molecule has 128 valence electrons. The maximum Gasteiger partial charge on any atom is 0.227 e. The lowest BCUT2D eigenvalue weighted by Crippen LogP contribution is -2.15. The predicted molar refractivity (Wildman–Crippen MR) is 93.7 cm³/mol. The molecule has 0 radical (unpaired) electrons. The normalized spacial score (nSPS) is 10.5. The van der Waals surface area contributed by atoms with Crippen LogP contribution in [0.5, 0.6) is 5.75 Å². The van der Waals surface area contributed by atoms with Crippen LogP contribution in [0.15, 0.2) is 61.2 Å². The molecule has 1 N–H and O–H groups in total. The molecule has 1 heterocycles. The van der Waals surface area contributed by atoms with Crippen LogP contribution >= 0.6 is 11.6 Å². The lowest BCUT2D eigenvalue weighted by molar-refractivity contribution is -0.116. The van der Waals surface area contributed by atoms with Gasteiger partial charge in [0.05, 0.1) is 30.1 Å². The summed E-state index contributed by atoms with van der Waals surface area (Å²) >= 11 is 6.25. The van der Waals surface area contributed by atoms with E-state index in [1.165, 1.54) is 24.3 Å². The van der Waals surface area contributed by atoms with Crippen molar-refractivity contribution in [2.75, 3.05) is 11.9 Å². The van der Waals surface area contributed by atoms with E-state index in [1.54, 1.807) is 41.5 Å². The van der Waals surface area contributed by atoms with Crippen LogP contribution in [0.25, 0.3) is 5.69 Å². The van der Waals surface area contributed by atoms with E-state index in [4.69, 9.17) is 16.3 Å². The summed E-state index contributed by atoms with van der Waals surface area (Å²) in [7, 11) is 0. The molecule has 0 bridgehead atoms. The van der Waals surface area contributed by atoms with Crippen LogP contribution in [0.3, 0.4) is 0 Å². The van der Waals surface area contributed by atoms with Crippen molar-refractivity contribution in [3.8, 4) is 11.4 Å². The maximum absolute atomic E-state index is 12.8. The molecule has 5 nitrogen and oxygen atoms in total. The number of imidazole rings is 1. The van der Waals surface area contributed by atoms with Gasteiger partial charge in [-0.1, -0.05) is 11.6 Å². The third kappa shape index (κ3) is 4.58. The lowest BCUT2D eigenvalue weighted by Gasteiger charge is -2.10. The zero-order chi connectivity index (χ0) is 17.6. The molecule has 0 aliphatic rings. The van der Waals surface area contributed by atoms with Gasteiger partial charge >= 0.3 is 0 Å². The molecule has 2 aromatic carbocycles. The van der Waals surface area contributed by atoms with Crippen molar-refractivity contribution in [2.45, 2.75) is 6.42 Å². The first-order valence-electron chi connectivity index (χ1n) is 7.58. The van der Waals surface area contributed by atoms with E-state index in [2.05, 4.69) is 10.3 Å². The summed E-state index contributed by atoms with van der Waals surface area (Å²) in [5, 5.41) is 3.26. The third-order valence-corrected chi connectivity index (χ3v) is 3.73. The Hall–Kier alpha value is -2.86. The molecule has 0 saturated heterocycles. The molecule has 0 fully saturated rings. The number of carbonyl (C=O) groups is 1. The number of nitrogens with one attached hydrogen (secondary N) is 1. The Kier molecular flexibility index (Phi) is 5.30. The van der Waals surface area contributed by atoms with Crippen molar-refractivity contribution in [3.05, 3.63) is 72.0 Å². The van der Waals surface area contributed by atoms with Gasteiger partial charge in [-0.15, -0.1) is 0 Å². The molecule has 0 aliphatic heterocycles. The average Bonchev–Trinajstić information content (AvgIpc) is 3.11. The fraction of sp³-hybridized carbons (Fsp3) is 0.111. The summed E-state index contributed by atoms with van der Waals surface area (Å²) in [6, 6.07) is 10.9. The largest absolute Gasteiger partial charge is 0.493 e. The Morgan fingerprint density at radius 3 is 2.72 bits per heavy atom. The monoisotopic (exact) mass is 359 g/mol. The van der Waals surface area contributed by atoms with E-state index < -0.39 is 0 Å². The Labute approximate surface area is 149 Å². The molecule has 1 aromatic heterocycles. The first-order chi connectivity index (χ1) is 12.1. The van der Waals surface area contributed by atoms with Crippen molar-refractivity contribution in [1.82, 2.24) is 9.55 Å². The number of carbonyl (C=O) groups excluding carboxylic acids is 1. The van der Waals surface area contributed by atoms with Crippen molar-refractivity contribution in [3.63, 3.8) is 0 Å². The Morgan fingerprint density at radius 2 is 2.04 bits per heavy atom. The van der Waals surface area contributed by atoms with E-state index in [0.717, 1.165) is 5.69 Å². The number of aromatic nitrogens is 2. The van der Waals surface area contributed by atoms with Crippen LogP contribution < -0.4 is 10.1 Å². The van der Waals surface area contributed by atoms with Gasteiger partial charge in [-0.05, 0) is 42.5 Å². The molecule has 7 heteroatoms. The molecule has 0 spiro atoms. The van der Waals surface area contributed by atoms with Gasteiger partial charge in [0.2, 0.25) is 5.91 Å². The maximum atomic E-state index is 12.8. The van der Waals surface area contributed by atoms with Crippen LogP contribution in [0.4, 0.5) is 10.1 Å². The fourth-order valence-corrected chi connectivity index (χ4v) is 2.49. The molecule has 0 atom stereocenters. The fourth-order valence-electron chi connectivity index (χ4n) is 2.21. The van der Waals surface area contributed by atoms with Gasteiger partial charge < -0.3 is 14.6 Å². The Balaban J connectivity index is 1.52. The SMILES string of the molecule is O=C(CCOc1ccc(F)cc1)Nc1ccc(-n2ccnc2)c(Cl)c1. The van der Waals surface area contributed by atoms with E-state index >= 15 is 0 Å². The number of hydrogen-bond donors (Lipinski definition) is 1. The van der Waals surface area contributed by atoms with E-state index in [1.807, 2.05) is 0 Å². The zero-order valence-corrected chi connectivity index (χ0v) is 13.9. The smallest absolute Gasteiger partial charge is 0.227 e. The lowest BCUT2D eigenvalue weighted by atomic mass is 10.2. The predicted octanol–water partition coefficient (Wildman–Crippen LogP) is 4.07. The standard InChI is InChI=1S/C18H15ClFN3O2/c19-16-11-14(3-6-17(16)23-9-8-21-12-23)22-18(24)7-10-25-15-4-1-13(20)2-5-15/h1-6,8-9,11-12H,7,10H2,(H,22,24). The number of rotatable bonds is 6. The molecular formula is C18H15ClFN3O2. The number of halogens is 2. The van der Waals surface area contributed by atoms with Crippen molar-refractivity contribution >= 4 is 23.2 Å². The second-order valence-electron chi connectivity index (χ2n) is 5.24. The first kappa shape index (κ1) is 17.0. The second-order valence-corrected chi connectivity index (χ2v) is 5.64. The molecule has 0 saturated carbocycles. The summed E-state index contributed by atoms with van der Waals surface area (Å²) in [6.45, 7) is 0.193. The Morgan fingerprint density at radius 1 is 1.24 bits per heavy atom. The van der Waals surface area contributed by atoms with Crippen LogP contribution in [-0.4, -0.2) is 22.1 Å². The second kappa shape index (κ2) is 7.81. The highest BCUT2D eigenvalue weighted by Gasteiger charge is 2.07. The summed E-state index contributed by atoms with van der Waals surface area (Å²) in [6.07, 6.45) is 5.25. The van der Waals surface area contributed by atoms with Gasteiger partial charge in [0.25, 0.3) is 0 Å². The molecule has 0 unspecified atom stereocenters. The summed E-state index contributed by atoms with van der Waals surface area (Å²) in [4.78, 5) is 15.9. The van der Waals surface area contributed by atoms with Crippen molar-refractivity contribution in [2.24, 2.45) is 0 Å². The molecule has 0 aliphatic carbocycles. The summed E-state index contributed by atoms with van der Waals surface area (Å²) in [5.41, 5.74) is 1.37. The Bertz CT molecular complexity index is 851.